The number of benzene rings is 1. The first-order chi connectivity index (χ1) is 8.72. The van der Waals surface area contributed by atoms with E-state index in [0.717, 1.165) is 10.2 Å². The second-order valence-electron chi connectivity index (χ2n) is 3.37. The Morgan fingerprint density at radius 2 is 1.94 bits per heavy atom. The number of nitrogens with one attached hydrogen (secondary N) is 2. The molecule has 2 aromatic rings. The molecule has 0 radical (unpaired) electrons. The van der Waals surface area contributed by atoms with Crippen molar-refractivity contribution in [3.63, 3.8) is 0 Å². The number of rotatable bonds is 4. The molecule has 0 saturated heterocycles. The maximum Gasteiger partial charge on any atom is 0.191 e. The van der Waals surface area contributed by atoms with Gasteiger partial charge >= 0.3 is 0 Å². The molecule has 0 saturated carbocycles. The number of hydrogen-bond acceptors (Lipinski definition) is 6. The van der Waals surface area contributed by atoms with Crippen molar-refractivity contribution < 1.29 is 0 Å². The van der Waals surface area contributed by atoms with E-state index in [0.29, 0.717) is 16.8 Å². The third-order valence-corrected chi connectivity index (χ3v) is 3.41. The summed E-state index contributed by atoms with van der Waals surface area (Å²) in [5.74, 6) is 6.64. The van der Waals surface area contributed by atoms with Crippen LogP contribution in [-0.4, -0.2) is 16.2 Å². The number of anilines is 3. The van der Waals surface area contributed by atoms with Crippen molar-refractivity contribution in [2.45, 2.75) is 5.16 Å². The van der Waals surface area contributed by atoms with Crippen LogP contribution in [0.2, 0.25) is 0 Å². The van der Waals surface area contributed by atoms with Crippen LogP contribution in [-0.2, 0) is 0 Å². The minimum absolute atomic E-state index is 0.573. The van der Waals surface area contributed by atoms with Gasteiger partial charge in [0.25, 0.3) is 0 Å². The van der Waals surface area contributed by atoms with Crippen LogP contribution in [0.5, 0.6) is 0 Å². The van der Waals surface area contributed by atoms with E-state index in [2.05, 4.69) is 36.6 Å². The molecular weight excluding hydrogens is 314 g/mol. The van der Waals surface area contributed by atoms with Crippen molar-refractivity contribution >= 4 is 45.0 Å². The van der Waals surface area contributed by atoms with Gasteiger partial charge in [-0.25, -0.2) is 15.8 Å². The number of nitrogen functional groups attached to an aromatic ring is 1. The molecule has 5 nitrogen and oxygen atoms in total. The predicted octanol–water partition coefficient (Wildman–Crippen LogP) is 2.99. The molecule has 0 spiro atoms. The van der Waals surface area contributed by atoms with Gasteiger partial charge in [0.1, 0.15) is 11.6 Å². The number of para-hydroxylation sites is 1. The molecule has 2 rings (SSSR count). The van der Waals surface area contributed by atoms with Gasteiger partial charge in [0.05, 0.1) is 5.69 Å². The fourth-order valence-corrected chi connectivity index (χ4v) is 2.12. The van der Waals surface area contributed by atoms with Crippen molar-refractivity contribution in [2.24, 2.45) is 5.84 Å². The summed E-state index contributed by atoms with van der Waals surface area (Å²) in [6, 6.07) is 9.57. The number of halogens is 1. The molecule has 0 aliphatic heterocycles. The highest BCUT2D eigenvalue weighted by Crippen LogP contribution is 2.26. The van der Waals surface area contributed by atoms with Gasteiger partial charge in [0.2, 0.25) is 0 Å². The predicted molar refractivity (Wildman–Crippen MR) is 79.0 cm³/mol. The van der Waals surface area contributed by atoms with E-state index in [1.54, 1.807) is 6.07 Å². The van der Waals surface area contributed by atoms with Crippen LogP contribution in [0.25, 0.3) is 0 Å². The summed E-state index contributed by atoms with van der Waals surface area (Å²) in [4.78, 5) is 8.56. The van der Waals surface area contributed by atoms with Crippen molar-refractivity contribution in [2.75, 3.05) is 17.0 Å². The zero-order valence-corrected chi connectivity index (χ0v) is 12.0. The minimum atomic E-state index is 0.573. The van der Waals surface area contributed by atoms with Crippen molar-refractivity contribution in [3.05, 3.63) is 34.8 Å². The molecule has 0 atom stereocenters. The first-order valence-electron chi connectivity index (χ1n) is 5.14. The smallest absolute Gasteiger partial charge is 0.191 e. The molecule has 0 aliphatic rings. The summed E-state index contributed by atoms with van der Waals surface area (Å²) < 4.78 is 0.969. The maximum absolute atomic E-state index is 5.38. The third-order valence-electron chi connectivity index (χ3n) is 2.17. The molecule has 94 valence electrons. The standard InChI is InChI=1S/C11H12BrN5S/c1-18-11-15-9(6-10(16-11)17-13)14-8-5-3-2-4-7(8)12/h2-6H,13H2,1H3,(H2,14,15,16,17). The van der Waals surface area contributed by atoms with Gasteiger partial charge in [-0.15, -0.1) is 0 Å². The summed E-state index contributed by atoms with van der Waals surface area (Å²) in [6.45, 7) is 0. The van der Waals surface area contributed by atoms with Gasteiger partial charge in [-0.2, -0.15) is 0 Å². The van der Waals surface area contributed by atoms with Crippen molar-refractivity contribution in [1.29, 1.82) is 0 Å². The average molecular weight is 326 g/mol. The van der Waals surface area contributed by atoms with Gasteiger partial charge in [0, 0.05) is 10.5 Å². The van der Waals surface area contributed by atoms with Crippen LogP contribution >= 0.6 is 27.7 Å². The Bertz CT molecular complexity index is 526. The Balaban J connectivity index is 2.31. The molecule has 18 heavy (non-hydrogen) atoms. The Morgan fingerprint density at radius 1 is 1.22 bits per heavy atom. The Morgan fingerprint density at radius 3 is 2.61 bits per heavy atom. The maximum atomic E-state index is 5.38. The second kappa shape index (κ2) is 6.03. The summed E-state index contributed by atoms with van der Waals surface area (Å²) in [7, 11) is 0. The lowest BCUT2D eigenvalue weighted by molar-refractivity contribution is 0.971. The normalized spacial score (nSPS) is 10.2. The Kier molecular flexibility index (Phi) is 4.40. The first kappa shape index (κ1) is 13.1. The first-order valence-corrected chi connectivity index (χ1v) is 7.16. The lowest BCUT2D eigenvalue weighted by Gasteiger charge is -2.09. The van der Waals surface area contributed by atoms with Crippen LogP contribution in [0, 0.1) is 0 Å². The largest absolute Gasteiger partial charge is 0.339 e. The van der Waals surface area contributed by atoms with Crippen LogP contribution < -0.4 is 16.6 Å². The van der Waals surface area contributed by atoms with Crippen LogP contribution in [0.4, 0.5) is 17.3 Å². The molecular formula is C11H12BrN5S. The molecule has 1 heterocycles. The van der Waals surface area contributed by atoms with Crippen LogP contribution in [0.1, 0.15) is 0 Å². The number of aromatic nitrogens is 2. The van der Waals surface area contributed by atoms with E-state index in [9.17, 15) is 0 Å². The molecule has 0 fully saturated rings. The van der Waals surface area contributed by atoms with Gasteiger partial charge in [0.15, 0.2) is 5.16 Å². The lowest BCUT2D eigenvalue weighted by Crippen LogP contribution is -2.10. The molecule has 0 bridgehead atoms. The SMILES string of the molecule is CSc1nc(NN)cc(Nc2ccccc2Br)n1. The Labute approximate surface area is 118 Å². The molecule has 4 N–H and O–H groups in total. The number of nitrogens with zero attached hydrogens (tertiary/aromatic N) is 2. The highest BCUT2D eigenvalue weighted by atomic mass is 79.9. The number of hydrazine groups is 1. The summed E-state index contributed by atoms with van der Waals surface area (Å²) in [6.07, 6.45) is 1.91. The summed E-state index contributed by atoms with van der Waals surface area (Å²) in [5, 5.41) is 3.87. The van der Waals surface area contributed by atoms with Crippen LogP contribution in [0.15, 0.2) is 40.0 Å². The van der Waals surface area contributed by atoms with Crippen LogP contribution in [0.3, 0.4) is 0 Å². The van der Waals surface area contributed by atoms with E-state index in [1.807, 2.05) is 30.5 Å². The average Bonchev–Trinajstić information content (AvgIpc) is 2.41. The van der Waals surface area contributed by atoms with Crippen molar-refractivity contribution in [3.8, 4) is 0 Å². The molecule has 1 aromatic heterocycles. The highest BCUT2D eigenvalue weighted by Gasteiger charge is 2.05. The van der Waals surface area contributed by atoms with E-state index < -0.39 is 0 Å². The second-order valence-corrected chi connectivity index (χ2v) is 5.00. The van der Waals surface area contributed by atoms with Crippen molar-refractivity contribution in [1.82, 2.24) is 9.97 Å². The van der Waals surface area contributed by atoms with E-state index >= 15 is 0 Å². The zero-order valence-electron chi connectivity index (χ0n) is 9.64. The van der Waals surface area contributed by atoms with E-state index in [1.165, 1.54) is 11.8 Å². The fourth-order valence-electron chi connectivity index (χ4n) is 1.35. The van der Waals surface area contributed by atoms with Gasteiger partial charge in [-0.3, -0.25) is 0 Å². The Hall–Kier alpha value is -1.31. The molecule has 0 unspecified atom stereocenters. The van der Waals surface area contributed by atoms with Gasteiger partial charge in [-0.1, -0.05) is 23.9 Å². The quantitative estimate of drug-likeness (QED) is 0.347. The van der Waals surface area contributed by atoms with Gasteiger partial charge < -0.3 is 10.7 Å². The number of hydrogen-bond donors (Lipinski definition) is 3. The molecule has 0 aliphatic carbocycles. The molecule has 1 aromatic carbocycles. The van der Waals surface area contributed by atoms with E-state index in [-0.39, 0.29) is 0 Å². The summed E-state index contributed by atoms with van der Waals surface area (Å²) in [5.41, 5.74) is 3.46. The number of nitrogens with two attached hydrogens (primary N) is 1. The zero-order chi connectivity index (χ0) is 13.0. The monoisotopic (exact) mass is 325 g/mol. The summed E-state index contributed by atoms with van der Waals surface area (Å²) >= 11 is 4.93. The minimum Gasteiger partial charge on any atom is -0.339 e. The lowest BCUT2D eigenvalue weighted by atomic mass is 10.3. The highest BCUT2D eigenvalue weighted by molar-refractivity contribution is 9.10. The molecule has 0 amide bonds. The molecule has 7 heteroatoms. The third kappa shape index (κ3) is 3.12. The van der Waals surface area contributed by atoms with E-state index in [4.69, 9.17) is 5.84 Å². The fraction of sp³-hybridized carbons (Fsp3) is 0.0909. The number of thioether (sulfide) groups is 1. The topological polar surface area (TPSA) is 75.9 Å². The van der Waals surface area contributed by atoms with Gasteiger partial charge in [-0.05, 0) is 34.3 Å².